The van der Waals surface area contributed by atoms with Gasteiger partial charge in [0.05, 0.1) is 12.6 Å². The number of para-hydroxylation sites is 1. The van der Waals surface area contributed by atoms with Crippen LogP contribution in [-0.2, 0) is 7.05 Å². The molecule has 0 aliphatic rings. The molecule has 8 nitrogen and oxygen atoms in total. The number of ether oxygens (including phenoxy) is 1. The van der Waals surface area contributed by atoms with Gasteiger partial charge in [0.25, 0.3) is 5.56 Å². The van der Waals surface area contributed by atoms with Crippen LogP contribution in [0, 0.1) is 0 Å². The second kappa shape index (κ2) is 7.61. The highest BCUT2D eigenvalue weighted by molar-refractivity contribution is 7.99. The Morgan fingerprint density at radius 1 is 1.12 bits per heavy atom. The normalized spacial score (nSPS) is 11.3. The largest absolute Gasteiger partial charge is 0.505 e. The van der Waals surface area contributed by atoms with Gasteiger partial charge in [-0.2, -0.15) is 0 Å². The number of pyridine rings is 1. The highest BCUT2D eigenvalue weighted by Crippen LogP contribution is 2.37. The molecule has 0 spiro atoms. The van der Waals surface area contributed by atoms with E-state index < -0.39 is 16.9 Å². The lowest BCUT2D eigenvalue weighted by Crippen LogP contribution is -2.20. The second-order valence-electron chi connectivity index (χ2n) is 7.05. The van der Waals surface area contributed by atoms with Crippen LogP contribution in [0.1, 0.15) is 0 Å². The quantitative estimate of drug-likeness (QED) is 0.420. The molecule has 5 aromatic rings. The lowest BCUT2D eigenvalue weighted by Gasteiger charge is -2.15. The third-order valence-electron chi connectivity index (χ3n) is 5.15. The third-order valence-corrected chi connectivity index (χ3v) is 6.29. The number of imidazole rings is 1. The van der Waals surface area contributed by atoms with E-state index in [2.05, 4.69) is 4.98 Å². The Balaban J connectivity index is 1.91. The second-order valence-corrected chi connectivity index (χ2v) is 8.03. The molecule has 0 amide bonds. The van der Waals surface area contributed by atoms with Gasteiger partial charge in [0.1, 0.15) is 16.0 Å². The Bertz CT molecular complexity index is 1600. The summed E-state index contributed by atoms with van der Waals surface area (Å²) in [5.41, 5.74) is -0.167. The lowest BCUT2D eigenvalue weighted by molar-refractivity contribution is 0.415. The molecule has 32 heavy (non-hydrogen) atoms. The van der Waals surface area contributed by atoms with Crippen molar-refractivity contribution in [2.45, 2.75) is 10.1 Å². The van der Waals surface area contributed by atoms with Gasteiger partial charge in [-0.25, -0.2) is 9.78 Å². The van der Waals surface area contributed by atoms with Crippen molar-refractivity contribution < 1.29 is 14.3 Å². The van der Waals surface area contributed by atoms with Gasteiger partial charge in [-0.15, -0.1) is 0 Å². The Morgan fingerprint density at radius 3 is 2.59 bits per heavy atom. The zero-order chi connectivity index (χ0) is 22.4. The number of methoxy groups -OCH3 is 1. The molecule has 0 aliphatic carbocycles. The number of fused-ring (bicyclic) bond motifs is 3. The standard InChI is InChI=1S/C23H17N3O5S/c1-25-11-10-24-23(25)32-20-18(27)17-19(31-22(20)29)15-9-8-14(30-2)12-16(15)26(21(17)28)13-6-4-3-5-7-13/h3-12,27H,1-2H3. The van der Waals surface area contributed by atoms with E-state index in [1.807, 2.05) is 18.2 Å². The average Bonchev–Trinajstić information content (AvgIpc) is 3.21. The lowest BCUT2D eigenvalue weighted by atomic mass is 10.1. The smallest absolute Gasteiger partial charge is 0.354 e. The molecule has 160 valence electrons. The predicted octanol–water partition coefficient (Wildman–Crippen LogP) is 3.70. The average molecular weight is 447 g/mol. The van der Waals surface area contributed by atoms with E-state index in [1.165, 1.54) is 11.7 Å². The highest BCUT2D eigenvalue weighted by atomic mass is 32.2. The number of benzene rings is 2. The van der Waals surface area contributed by atoms with E-state index in [0.717, 1.165) is 11.8 Å². The van der Waals surface area contributed by atoms with Crippen LogP contribution in [0.25, 0.3) is 27.6 Å². The van der Waals surface area contributed by atoms with Crippen molar-refractivity contribution in [3.63, 3.8) is 0 Å². The van der Waals surface area contributed by atoms with Crippen molar-refractivity contribution >= 4 is 33.6 Å². The monoisotopic (exact) mass is 447 g/mol. The summed E-state index contributed by atoms with van der Waals surface area (Å²) >= 11 is 0.938. The number of aryl methyl sites for hydroxylation is 1. The molecule has 3 aromatic heterocycles. The summed E-state index contributed by atoms with van der Waals surface area (Å²) in [4.78, 5) is 30.5. The molecule has 5 rings (SSSR count). The Morgan fingerprint density at radius 2 is 1.91 bits per heavy atom. The Labute approximate surface area is 185 Å². The zero-order valence-electron chi connectivity index (χ0n) is 17.1. The Hall–Kier alpha value is -3.98. The van der Waals surface area contributed by atoms with Gasteiger partial charge in [0.15, 0.2) is 16.5 Å². The minimum Gasteiger partial charge on any atom is -0.505 e. The summed E-state index contributed by atoms with van der Waals surface area (Å²) in [7, 11) is 3.29. The minimum absolute atomic E-state index is 0.0199. The molecule has 0 saturated carbocycles. The van der Waals surface area contributed by atoms with Gasteiger partial charge in [-0.1, -0.05) is 18.2 Å². The van der Waals surface area contributed by atoms with Gasteiger partial charge in [-0.05, 0) is 36.0 Å². The first kappa shape index (κ1) is 20.0. The van der Waals surface area contributed by atoms with Gasteiger partial charge in [-0.3, -0.25) is 9.36 Å². The predicted molar refractivity (Wildman–Crippen MR) is 121 cm³/mol. The van der Waals surface area contributed by atoms with E-state index >= 15 is 0 Å². The molecule has 0 unspecified atom stereocenters. The van der Waals surface area contributed by atoms with E-state index in [1.54, 1.807) is 54.3 Å². The van der Waals surface area contributed by atoms with Crippen molar-refractivity contribution in [3.8, 4) is 17.2 Å². The van der Waals surface area contributed by atoms with Crippen LogP contribution in [-0.4, -0.2) is 26.3 Å². The highest BCUT2D eigenvalue weighted by Gasteiger charge is 2.24. The molecular formula is C23H17N3O5S. The molecule has 0 saturated heterocycles. The SMILES string of the molecule is COc1ccc2c3oc(=O)c(Sc4nccn4C)c(O)c3c(=O)n(-c3ccccc3)c2c1. The first-order valence-corrected chi connectivity index (χ1v) is 10.4. The fraction of sp³-hybridized carbons (Fsp3) is 0.0870. The molecule has 1 N–H and O–H groups in total. The van der Waals surface area contributed by atoms with E-state index in [4.69, 9.17) is 9.15 Å². The summed E-state index contributed by atoms with van der Waals surface area (Å²) in [6.45, 7) is 0. The van der Waals surface area contributed by atoms with Crippen molar-refractivity contribution in [2.75, 3.05) is 7.11 Å². The van der Waals surface area contributed by atoms with E-state index in [0.29, 0.717) is 27.5 Å². The van der Waals surface area contributed by atoms with E-state index in [9.17, 15) is 14.7 Å². The topological polar surface area (TPSA) is 99.5 Å². The maximum absolute atomic E-state index is 13.7. The third kappa shape index (κ3) is 3.05. The molecule has 9 heteroatoms. The fourth-order valence-electron chi connectivity index (χ4n) is 3.60. The van der Waals surface area contributed by atoms with Crippen LogP contribution in [0.2, 0.25) is 0 Å². The summed E-state index contributed by atoms with van der Waals surface area (Å²) in [5.74, 6) is 0.103. The van der Waals surface area contributed by atoms with Crippen molar-refractivity contribution in [2.24, 2.45) is 7.05 Å². The molecule has 3 heterocycles. The number of aromatic nitrogens is 3. The first-order valence-electron chi connectivity index (χ1n) is 9.62. The van der Waals surface area contributed by atoms with Crippen LogP contribution in [0.3, 0.4) is 0 Å². The number of nitrogens with zero attached hydrogens (tertiary/aromatic N) is 3. The van der Waals surface area contributed by atoms with Crippen LogP contribution in [0.5, 0.6) is 11.5 Å². The summed E-state index contributed by atoms with van der Waals surface area (Å²) < 4.78 is 14.1. The molecule has 2 aromatic carbocycles. The maximum atomic E-state index is 13.7. The van der Waals surface area contributed by atoms with Crippen LogP contribution in [0.4, 0.5) is 0 Å². The zero-order valence-corrected chi connectivity index (χ0v) is 17.9. The number of hydrogen-bond donors (Lipinski definition) is 1. The molecule has 0 aliphatic heterocycles. The summed E-state index contributed by atoms with van der Waals surface area (Å²) in [6.07, 6.45) is 3.29. The number of hydrogen-bond acceptors (Lipinski definition) is 7. The van der Waals surface area contributed by atoms with Crippen molar-refractivity contribution in [1.82, 2.24) is 14.1 Å². The van der Waals surface area contributed by atoms with Crippen LogP contribution in [0.15, 0.2) is 85.0 Å². The minimum atomic E-state index is -0.753. The van der Waals surface area contributed by atoms with Crippen LogP contribution >= 0.6 is 11.8 Å². The molecular weight excluding hydrogens is 430 g/mol. The van der Waals surface area contributed by atoms with Crippen molar-refractivity contribution in [1.29, 1.82) is 0 Å². The van der Waals surface area contributed by atoms with Gasteiger partial charge in [0, 0.05) is 36.6 Å². The molecule has 0 atom stereocenters. The van der Waals surface area contributed by atoms with Crippen LogP contribution < -0.4 is 15.9 Å². The maximum Gasteiger partial charge on any atom is 0.354 e. The molecule has 0 fully saturated rings. The van der Waals surface area contributed by atoms with Gasteiger partial charge < -0.3 is 18.8 Å². The molecule has 0 radical (unpaired) electrons. The number of rotatable bonds is 4. The molecule has 0 bridgehead atoms. The van der Waals surface area contributed by atoms with Crippen molar-refractivity contribution in [3.05, 3.63) is 81.7 Å². The fourth-order valence-corrected chi connectivity index (χ4v) is 4.42. The summed E-state index contributed by atoms with van der Waals surface area (Å²) in [6, 6.07) is 14.1. The van der Waals surface area contributed by atoms with E-state index in [-0.39, 0.29) is 15.9 Å². The first-order chi connectivity index (χ1) is 15.5. The summed E-state index contributed by atoms with van der Waals surface area (Å²) in [5, 5.41) is 12.0. The van der Waals surface area contributed by atoms with Gasteiger partial charge >= 0.3 is 5.63 Å². The number of aromatic hydroxyl groups is 1. The van der Waals surface area contributed by atoms with Gasteiger partial charge in [0.2, 0.25) is 0 Å². The Kier molecular flexibility index (Phi) is 4.75.